The average molecular weight is 677 g/mol. The summed E-state index contributed by atoms with van der Waals surface area (Å²) in [5, 5.41) is 52.2. The van der Waals surface area contributed by atoms with Gasteiger partial charge in [-0.2, -0.15) is 21.0 Å². The topological polar surface area (TPSA) is 173 Å². The Labute approximate surface area is 300 Å². The van der Waals surface area contributed by atoms with E-state index in [9.17, 15) is 26.2 Å². The van der Waals surface area contributed by atoms with Crippen LogP contribution in [0.5, 0.6) is 0 Å². The lowest BCUT2D eigenvalue weighted by Gasteiger charge is -2.36. The summed E-state index contributed by atoms with van der Waals surface area (Å²) in [7, 11) is 0. The fraction of sp³-hybridized carbons (Fsp3) is 0.381. The molecule has 9 nitrogen and oxygen atoms in total. The predicted octanol–water partition coefficient (Wildman–Crippen LogP) is 8.78. The number of hydrogen-bond acceptors (Lipinski definition) is 7. The van der Waals surface area contributed by atoms with Crippen molar-refractivity contribution in [3.05, 3.63) is 87.0 Å². The number of fused-ring (bicyclic) bond motifs is 8. The smallest absolute Gasteiger partial charge is 0.254 e. The molecule has 0 spiro atoms. The number of aryl methyl sites for hydroxylation is 4. The zero-order chi connectivity index (χ0) is 37.1. The van der Waals surface area contributed by atoms with E-state index in [1.165, 1.54) is 17.2 Å². The van der Waals surface area contributed by atoms with Gasteiger partial charge in [-0.15, -0.1) is 0 Å². The normalized spacial score (nSPS) is 16.4. The van der Waals surface area contributed by atoms with Crippen LogP contribution in [0.4, 0.5) is 0 Å². The molecule has 0 saturated carbocycles. The molecule has 1 atom stereocenters. The molecule has 3 N–H and O–H groups in total. The van der Waals surface area contributed by atoms with Crippen LogP contribution in [0.2, 0.25) is 0 Å². The van der Waals surface area contributed by atoms with Crippen LogP contribution < -0.4 is 0 Å². The molecule has 258 valence electrons. The molecule has 2 aliphatic heterocycles. The molecule has 2 aliphatic rings. The van der Waals surface area contributed by atoms with Crippen LogP contribution in [-0.2, 0) is 31.1 Å². The molecule has 0 fully saturated rings. The molecule has 1 unspecified atom stereocenters. The van der Waals surface area contributed by atoms with Gasteiger partial charge in [0.15, 0.2) is 0 Å². The van der Waals surface area contributed by atoms with E-state index in [-0.39, 0.29) is 12.0 Å². The van der Waals surface area contributed by atoms with Gasteiger partial charge in [-0.1, -0.05) is 54.5 Å². The first kappa shape index (κ1) is 36.5. The molecule has 9 heteroatoms. The molecule has 3 aromatic rings. The highest BCUT2D eigenvalue weighted by Crippen LogP contribution is 2.51. The predicted molar refractivity (Wildman–Crippen MR) is 201 cm³/mol. The third-order valence-corrected chi connectivity index (χ3v) is 10.6. The number of H-pyrrole nitrogens is 2. The Bertz CT molecular complexity index is 2310. The Morgan fingerprint density at radius 3 is 1.47 bits per heavy atom. The first-order valence-electron chi connectivity index (χ1n) is 17.9. The maximum Gasteiger partial charge on any atom is 0.254 e. The molecular weight excluding hydrogens is 633 g/mol. The van der Waals surface area contributed by atoms with E-state index in [0.29, 0.717) is 23.4 Å². The van der Waals surface area contributed by atoms with Crippen LogP contribution in [0.3, 0.4) is 0 Å². The second kappa shape index (κ2) is 14.6. The number of hydrogen-bond donors (Lipinski definition) is 3. The van der Waals surface area contributed by atoms with E-state index in [1.807, 2.05) is 36.4 Å². The lowest BCUT2D eigenvalue weighted by Crippen LogP contribution is -2.49. The molecule has 5 heterocycles. The van der Waals surface area contributed by atoms with Crippen molar-refractivity contribution in [1.82, 2.24) is 19.9 Å². The number of aliphatic hydroxyl groups is 1. The van der Waals surface area contributed by atoms with Gasteiger partial charge >= 0.3 is 0 Å². The Hall–Kier alpha value is -5.74. The Morgan fingerprint density at radius 1 is 0.667 bits per heavy atom. The van der Waals surface area contributed by atoms with Gasteiger partial charge < -0.3 is 15.1 Å². The van der Waals surface area contributed by atoms with Crippen LogP contribution in [0, 0.1) is 45.3 Å². The summed E-state index contributed by atoms with van der Waals surface area (Å²) >= 11 is 0. The number of rotatable bonds is 9. The molecule has 0 aromatic carbocycles. The quantitative estimate of drug-likeness (QED) is 0.150. The fourth-order valence-corrected chi connectivity index (χ4v) is 8.12. The molecule has 0 aliphatic carbocycles. The maximum absolute atomic E-state index is 12.0. The van der Waals surface area contributed by atoms with Gasteiger partial charge in [-0.3, -0.25) is 4.98 Å². The monoisotopic (exact) mass is 676 g/mol. The molecule has 8 bridgehead atoms. The van der Waals surface area contributed by atoms with Crippen molar-refractivity contribution in [3.63, 3.8) is 0 Å². The Balaban J connectivity index is 2.14. The van der Waals surface area contributed by atoms with E-state index in [1.54, 1.807) is 13.0 Å². The van der Waals surface area contributed by atoms with Crippen LogP contribution in [0.1, 0.15) is 113 Å². The number of nitrogens with zero attached hydrogens (tertiary/aromatic N) is 6. The van der Waals surface area contributed by atoms with Crippen molar-refractivity contribution >= 4 is 38.8 Å². The summed E-state index contributed by atoms with van der Waals surface area (Å²) in [5.74, 6) is 0. The third kappa shape index (κ3) is 5.75. The summed E-state index contributed by atoms with van der Waals surface area (Å²) in [5.41, 5.74) is 8.97. The first-order valence-corrected chi connectivity index (χ1v) is 17.9. The lowest BCUT2D eigenvalue weighted by molar-refractivity contribution is 0.0910. The fourth-order valence-electron chi connectivity index (χ4n) is 8.12. The van der Waals surface area contributed by atoms with Crippen molar-refractivity contribution < 1.29 is 5.11 Å². The summed E-state index contributed by atoms with van der Waals surface area (Å²) < 4.78 is 0. The second-order valence-electron chi connectivity index (χ2n) is 12.8. The van der Waals surface area contributed by atoms with Crippen molar-refractivity contribution in [2.24, 2.45) is 0 Å². The molecule has 5 rings (SSSR count). The number of aromatic nitrogens is 4. The van der Waals surface area contributed by atoms with Gasteiger partial charge in [-0.25, -0.2) is 4.98 Å². The number of aromatic amines is 2. The largest absolute Gasteiger partial charge is 0.363 e. The molecule has 0 amide bonds. The summed E-state index contributed by atoms with van der Waals surface area (Å²) in [6.45, 7) is 14.6. The Kier molecular flexibility index (Phi) is 10.5. The molecular formula is C42H44N8O. The van der Waals surface area contributed by atoms with Gasteiger partial charge in [0, 0.05) is 22.1 Å². The highest BCUT2D eigenvalue weighted by molar-refractivity contribution is 5.94. The van der Waals surface area contributed by atoms with Gasteiger partial charge in [0.2, 0.25) is 0 Å². The van der Waals surface area contributed by atoms with Crippen LogP contribution >= 0.6 is 0 Å². The third-order valence-electron chi connectivity index (χ3n) is 10.6. The van der Waals surface area contributed by atoms with Crippen molar-refractivity contribution in [1.29, 1.82) is 21.0 Å². The molecule has 3 aromatic heterocycles. The van der Waals surface area contributed by atoms with Crippen molar-refractivity contribution in [3.8, 4) is 24.3 Å². The molecule has 0 saturated heterocycles. The summed E-state index contributed by atoms with van der Waals surface area (Å²) in [6.07, 6.45) is 7.66. The van der Waals surface area contributed by atoms with Crippen molar-refractivity contribution in [2.45, 2.75) is 104 Å². The standard InChI is InChI=1S/C42H44N8O/c1-8-26-27(9-2)34-18-36-30(12-5)31(13-6)38(49-36)20-40-42(14-7,41(51,23-45)24-46)32(16-15-25(21-43)22-44)39(50-40)19-37-29(11-4)28(10-3)35(48-37)17-33(26)47-34/h15-20,48-49,51H,8-14H2,1-7H3/b32-16+,33-17?,34-18?,35-17?,36-18?,37-19?,38-20?,39-19?,40-20?. The first-order chi connectivity index (χ1) is 24.6. The highest BCUT2D eigenvalue weighted by atomic mass is 16.3. The lowest BCUT2D eigenvalue weighted by atomic mass is 9.64. The van der Waals surface area contributed by atoms with E-state index in [4.69, 9.17) is 9.97 Å². The second-order valence-corrected chi connectivity index (χ2v) is 12.8. The van der Waals surface area contributed by atoms with E-state index in [2.05, 4.69) is 63.6 Å². The zero-order valence-electron chi connectivity index (χ0n) is 30.5. The molecule has 0 radical (unpaired) electrons. The number of nitriles is 4. The van der Waals surface area contributed by atoms with Gasteiger partial charge in [0.1, 0.15) is 29.8 Å². The maximum atomic E-state index is 12.0. The van der Waals surface area contributed by atoms with Crippen LogP contribution in [0.25, 0.3) is 38.8 Å². The summed E-state index contributed by atoms with van der Waals surface area (Å²) in [6, 6.07) is 15.6. The average Bonchev–Trinajstić information content (AvgIpc) is 3.86. The van der Waals surface area contributed by atoms with Gasteiger partial charge in [-0.05, 0) is 114 Å². The minimum Gasteiger partial charge on any atom is -0.363 e. The van der Waals surface area contributed by atoms with E-state index < -0.39 is 11.0 Å². The van der Waals surface area contributed by atoms with Crippen LogP contribution in [0.15, 0.2) is 42.0 Å². The summed E-state index contributed by atoms with van der Waals surface area (Å²) in [4.78, 5) is 17.7. The van der Waals surface area contributed by atoms with E-state index >= 15 is 0 Å². The molecule has 51 heavy (non-hydrogen) atoms. The SMILES string of the molecule is CCC1=C(CC)c2cc3[nH]c(cc4nc(cc5[nH]c(cc1n2)c(CC)c5CC)/C(=C\C=C(C#N)C#N)C4(CC)C(O)(C#N)C#N)c(CC)c3CC. The van der Waals surface area contributed by atoms with E-state index in [0.717, 1.165) is 87.8 Å². The number of allylic oxidation sites excluding steroid dienone is 5. The highest BCUT2D eigenvalue weighted by Gasteiger charge is 2.58. The number of nitrogens with one attached hydrogen (secondary N) is 2. The minimum atomic E-state index is -2.55. The van der Waals surface area contributed by atoms with Crippen LogP contribution in [-0.4, -0.2) is 30.6 Å². The minimum absolute atomic E-state index is 0.122. The Morgan fingerprint density at radius 2 is 1.10 bits per heavy atom. The van der Waals surface area contributed by atoms with Gasteiger partial charge in [0.05, 0.1) is 28.2 Å². The zero-order valence-corrected chi connectivity index (χ0v) is 30.5. The van der Waals surface area contributed by atoms with Gasteiger partial charge in [0.25, 0.3) is 5.60 Å². The van der Waals surface area contributed by atoms with Crippen molar-refractivity contribution in [2.75, 3.05) is 0 Å².